The number of carbonyl (C=O) groups is 1. The maximum atomic E-state index is 12.9. The van der Waals surface area contributed by atoms with Crippen LogP contribution in [0.25, 0.3) is 0 Å². The molecule has 1 aromatic rings. The zero-order chi connectivity index (χ0) is 15.8. The fourth-order valence-electron chi connectivity index (χ4n) is 2.20. The van der Waals surface area contributed by atoms with Crippen molar-refractivity contribution in [1.29, 1.82) is 0 Å². The lowest BCUT2D eigenvalue weighted by molar-refractivity contribution is -0.131. The van der Waals surface area contributed by atoms with Gasteiger partial charge >= 0.3 is 0 Å². The van der Waals surface area contributed by atoms with Gasteiger partial charge in [-0.2, -0.15) is 4.31 Å². The average Bonchev–Trinajstić information content (AvgIpc) is 2.41. The number of amides is 1. The third kappa shape index (κ3) is 2.63. The van der Waals surface area contributed by atoms with Gasteiger partial charge in [-0.3, -0.25) is 9.78 Å². The number of hydrogen-bond donors (Lipinski definition) is 2. The molecule has 1 fully saturated rings. The summed E-state index contributed by atoms with van der Waals surface area (Å²) in [5, 5.41) is 2.65. The van der Waals surface area contributed by atoms with Gasteiger partial charge in [0.25, 0.3) is 0 Å². The predicted octanol–water partition coefficient (Wildman–Crippen LogP) is -0.385. The van der Waals surface area contributed by atoms with E-state index in [2.05, 4.69) is 10.3 Å². The van der Waals surface area contributed by atoms with Crippen LogP contribution in [0.3, 0.4) is 0 Å². The summed E-state index contributed by atoms with van der Waals surface area (Å²) in [5.74, 6) is -0.349. The van der Waals surface area contributed by atoms with E-state index in [-0.39, 0.29) is 34.6 Å². The topological polar surface area (TPSA) is 105 Å². The largest absolute Gasteiger partial charge is 0.388 e. The smallest absolute Gasteiger partial charge is 0.246 e. The van der Waals surface area contributed by atoms with Gasteiger partial charge in [0.15, 0.2) is 0 Å². The van der Waals surface area contributed by atoms with Crippen LogP contribution >= 0.6 is 12.2 Å². The van der Waals surface area contributed by atoms with Gasteiger partial charge in [0.1, 0.15) is 21.1 Å². The average molecular weight is 328 g/mol. The Morgan fingerprint density at radius 1 is 1.52 bits per heavy atom. The highest BCUT2D eigenvalue weighted by molar-refractivity contribution is 7.89. The van der Waals surface area contributed by atoms with Crippen LogP contribution < -0.4 is 11.1 Å². The van der Waals surface area contributed by atoms with Gasteiger partial charge in [-0.05, 0) is 26.0 Å². The van der Waals surface area contributed by atoms with E-state index in [0.29, 0.717) is 0 Å². The lowest BCUT2D eigenvalue weighted by atomic mass is 10.0. The number of sulfonamides is 1. The Bertz CT molecular complexity index is 700. The molecule has 1 saturated heterocycles. The molecule has 1 aromatic heterocycles. The number of thiocarbonyl (C=S) groups is 1. The second kappa shape index (κ2) is 5.32. The first-order chi connectivity index (χ1) is 9.69. The van der Waals surface area contributed by atoms with Crippen LogP contribution in [0.15, 0.2) is 23.2 Å². The number of pyridine rings is 1. The molecule has 2 rings (SSSR count). The summed E-state index contributed by atoms with van der Waals surface area (Å²) in [6.07, 6.45) is 1.42. The minimum atomic E-state index is -3.94. The molecule has 114 valence electrons. The van der Waals surface area contributed by atoms with Gasteiger partial charge in [0.2, 0.25) is 15.9 Å². The maximum Gasteiger partial charge on any atom is 0.246 e. The molecule has 0 bridgehead atoms. The second-order valence-corrected chi connectivity index (χ2v) is 7.38. The number of hydrogen-bond acceptors (Lipinski definition) is 5. The normalized spacial score (nSPS) is 19.0. The molecule has 1 aliphatic heterocycles. The van der Waals surface area contributed by atoms with Gasteiger partial charge in [-0.15, -0.1) is 0 Å². The first-order valence-corrected chi connectivity index (χ1v) is 8.10. The summed E-state index contributed by atoms with van der Waals surface area (Å²) < 4.78 is 26.9. The first-order valence-electron chi connectivity index (χ1n) is 6.25. The Kier molecular flexibility index (Phi) is 4.00. The second-order valence-electron chi connectivity index (χ2n) is 5.11. The van der Waals surface area contributed by atoms with Crippen molar-refractivity contribution in [1.82, 2.24) is 14.6 Å². The number of carbonyl (C=O) groups excluding carboxylic acids is 1. The maximum absolute atomic E-state index is 12.9. The fraction of sp³-hybridized carbons (Fsp3) is 0.417. The lowest BCUT2D eigenvalue weighted by Gasteiger charge is -2.39. The predicted molar refractivity (Wildman–Crippen MR) is 81.1 cm³/mol. The summed E-state index contributed by atoms with van der Waals surface area (Å²) in [7, 11) is -3.94. The minimum absolute atomic E-state index is 0.0364. The summed E-state index contributed by atoms with van der Waals surface area (Å²) in [4.78, 5) is 15.7. The molecule has 1 amide bonds. The van der Waals surface area contributed by atoms with Gasteiger partial charge in [0.05, 0.1) is 0 Å². The van der Waals surface area contributed by atoms with Crippen molar-refractivity contribution >= 4 is 33.1 Å². The van der Waals surface area contributed by atoms with Crippen LogP contribution in [-0.2, 0) is 14.8 Å². The molecular weight excluding hydrogens is 312 g/mol. The number of aromatic nitrogens is 1. The highest BCUT2D eigenvalue weighted by Crippen LogP contribution is 2.27. The Labute approximate surface area is 128 Å². The van der Waals surface area contributed by atoms with E-state index in [1.54, 1.807) is 13.8 Å². The van der Waals surface area contributed by atoms with Crippen LogP contribution in [0.5, 0.6) is 0 Å². The van der Waals surface area contributed by atoms with Gasteiger partial charge in [-0.25, -0.2) is 8.42 Å². The molecule has 0 spiro atoms. The molecule has 0 aliphatic carbocycles. The molecule has 21 heavy (non-hydrogen) atoms. The molecule has 0 saturated carbocycles. The molecule has 2 heterocycles. The third-order valence-corrected chi connectivity index (χ3v) is 5.65. The highest BCUT2D eigenvalue weighted by atomic mass is 32.2. The zero-order valence-electron chi connectivity index (χ0n) is 11.7. The Morgan fingerprint density at radius 2 is 2.19 bits per heavy atom. The molecule has 0 unspecified atom stereocenters. The first kappa shape index (κ1) is 15.8. The van der Waals surface area contributed by atoms with Crippen LogP contribution in [0.4, 0.5) is 0 Å². The lowest BCUT2D eigenvalue weighted by Crippen LogP contribution is -2.63. The Balaban J connectivity index is 2.58. The van der Waals surface area contributed by atoms with Crippen molar-refractivity contribution in [2.45, 2.75) is 24.3 Å². The molecule has 1 aliphatic rings. The number of nitrogens with zero attached hydrogens (tertiary/aromatic N) is 2. The molecule has 9 heteroatoms. The third-order valence-electron chi connectivity index (χ3n) is 3.35. The van der Waals surface area contributed by atoms with E-state index in [0.717, 1.165) is 4.31 Å². The molecule has 0 radical (unpaired) electrons. The van der Waals surface area contributed by atoms with Gasteiger partial charge in [-0.1, -0.05) is 12.2 Å². The summed E-state index contributed by atoms with van der Waals surface area (Å²) in [6, 6.07) is 2.88. The van der Waals surface area contributed by atoms with E-state index in [4.69, 9.17) is 18.0 Å². The zero-order valence-corrected chi connectivity index (χ0v) is 13.3. The number of rotatable bonds is 3. The van der Waals surface area contributed by atoms with E-state index in [1.165, 1.54) is 18.3 Å². The van der Waals surface area contributed by atoms with E-state index < -0.39 is 15.6 Å². The van der Waals surface area contributed by atoms with E-state index >= 15 is 0 Å². The number of piperazine rings is 1. The Hall–Kier alpha value is -1.58. The van der Waals surface area contributed by atoms with Crippen molar-refractivity contribution < 1.29 is 13.2 Å². The van der Waals surface area contributed by atoms with E-state index in [1.807, 2.05) is 0 Å². The molecule has 7 nitrogen and oxygen atoms in total. The van der Waals surface area contributed by atoms with Crippen molar-refractivity contribution in [2.24, 2.45) is 5.73 Å². The minimum Gasteiger partial charge on any atom is -0.388 e. The SMILES string of the molecule is CC1(C)C(=O)NCCN1S(=O)(=O)c1cccnc1C(N)=S. The standard InChI is InChI=1S/C12H16N4O3S2/c1-12(2)11(17)15-6-7-16(12)21(18,19)8-4-3-5-14-9(8)10(13)20/h3-5H,6-7H2,1-2H3,(H2,13,20)(H,15,17). The molecule has 3 N–H and O–H groups in total. The molecule has 0 atom stereocenters. The van der Waals surface area contributed by atoms with Gasteiger partial charge in [0, 0.05) is 19.3 Å². The Morgan fingerprint density at radius 3 is 2.81 bits per heavy atom. The van der Waals surface area contributed by atoms with Crippen molar-refractivity contribution in [2.75, 3.05) is 13.1 Å². The van der Waals surface area contributed by atoms with Crippen LogP contribution in [0, 0.1) is 0 Å². The number of nitrogens with two attached hydrogens (primary N) is 1. The summed E-state index contributed by atoms with van der Waals surface area (Å²) in [5.41, 5.74) is 4.38. The van der Waals surface area contributed by atoms with Crippen LogP contribution in [-0.4, -0.2) is 47.2 Å². The number of nitrogens with one attached hydrogen (secondary N) is 1. The van der Waals surface area contributed by atoms with Crippen molar-refractivity contribution in [3.05, 3.63) is 24.0 Å². The fourth-order valence-corrected chi connectivity index (χ4v) is 4.34. The highest BCUT2D eigenvalue weighted by Gasteiger charge is 2.45. The molecular formula is C12H16N4O3S2. The van der Waals surface area contributed by atoms with Gasteiger partial charge < -0.3 is 11.1 Å². The van der Waals surface area contributed by atoms with E-state index in [9.17, 15) is 13.2 Å². The van der Waals surface area contributed by atoms with Crippen LogP contribution in [0.1, 0.15) is 19.5 Å². The summed E-state index contributed by atoms with van der Waals surface area (Å²) >= 11 is 4.85. The molecule has 0 aromatic carbocycles. The monoisotopic (exact) mass is 328 g/mol. The van der Waals surface area contributed by atoms with Crippen LogP contribution in [0.2, 0.25) is 0 Å². The van der Waals surface area contributed by atoms with Crippen molar-refractivity contribution in [3.63, 3.8) is 0 Å². The van der Waals surface area contributed by atoms with Crippen molar-refractivity contribution in [3.8, 4) is 0 Å². The summed E-state index contributed by atoms with van der Waals surface area (Å²) in [6.45, 7) is 3.53. The quantitative estimate of drug-likeness (QED) is 0.733.